The van der Waals surface area contributed by atoms with E-state index < -0.39 is 10.0 Å². The van der Waals surface area contributed by atoms with Crippen LogP contribution < -0.4 is 4.72 Å². The van der Waals surface area contributed by atoms with Gasteiger partial charge in [-0.2, -0.15) is 0 Å². The van der Waals surface area contributed by atoms with Crippen LogP contribution in [-0.2, 0) is 14.8 Å². The van der Waals surface area contributed by atoms with Gasteiger partial charge in [0.1, 0.15) is 10.0 Å². The van der Waals surface area contributed by atoms with Gasteiger partial charge in [-0.25, -0.2) is 18.1 Å². The van der Waals surface area contributed by atoms with Crippen molar-refractivity contribution in [3.8, 4) is 0 Å². The van der Waals surface area contributed by atoms with Crippen LogP contribution in [0.3, 0.4) is 0 Å². The lowest BCUT2D eigenvalue weighted by Gasteiger charge is -2.07. The summed E-state index contributed by atoms with van der Waals surface area (Å²) in [7, 11) is -3.58. The Labute approximate surface area is 113 Å². The second-order valence-electron chi connectivity index (χ2n) is 3.66. The molecule has 5 nitrogen and oxygen atoms in total. The third-order valence-corrected chi connectivity index (χ3v) is 4.03. The number of sulfonamides is 1. The summed E-state index contributed by atoms with van der Waals surface area (Å²) in [5.41, 5.74) is 0. The molecule has 0 bridgehead atoms. The zero-order valence-electron chi connectivity index (χ0n) is 10.2. The van der Waals surface area contributed by atoms with Gasteiger partial charge in [-0.15, -0.1) is 0 Å². The predicted molar refractivity (Wildman–Crippen MR) is 70.2 cm³/mol. The minimum absolute atomic E-state index is 0.00106. The summed E-state index contributed by atoms with van der Waals surface area (Å²) in [5, 5.41) is -0.0211. The van der Waals surface area contributed by atoms with E-state index in [9.17, 15) is 8.42 Å². The Morgan fingerprint density at radius 1 is 1.44 bits per heavy atom. The normalized spacial score (nSPS) is 11.7. The molecule has 0 saturated carbocycles. The van der Waals surface area contributed by atoms with Crippen LogP contribution >= 0.6 is 11.6 Å². The van der Waals surface area contributed by atoms with Crippen molar-refractivity contribution in [3.63, 3.8) is 0 Å². The highest BCUT2D eigenvalue weighted by molar-refractivity contribution is 7.89. The third kappa shape index (κ3) is 4.89. The van der Waals surface area contributed by atoms with Crippen molar-refractivity contribution in [1.29, 1.82) is 0 Å². The molecule has 1 aromatic rings. The molecular formula is C11H17ClN2O3S. The number of nitrogens with zero attached hydrogens (tertiary/aromatic N) is 1. The summed E-state index contributed by atoms with van der Waals surface area (Å²) in [6, 6.07) is 2.95. The number of pyridine rings is 1. The van der Waals surface area contributed by atoms with Gasteiger partial charge in [0.05, 0.1) is 0 Å². The van der Waals surface area contributed by atoms with Crippen molar-refractivity contribution in [1.82, 2.24) is 9.71 Å². The molecule has 7 heteroatoms. The number of ether oxygens (including phenoxy) is 1. The minimum atomic E-state index is -3.58. The largest absolute Gasteiger partial charge is 0.381 e. The summed E-state index contributed by atoms with van der Waals surface area (Å²) in [5.74, 6) is 0. The van der Waals surface area contributed by atoms with E-state index in [2.05, 4.69) is 9.71 Å². The average Bonchev–Trinajstić information content (AvgIpc) is 2.34. The highest BCUT2D eigenvalue weighted by Gasteiger charge is 2.17. The van der Waals surface area contributed by atoms with E-state index in [1.54, 1.807) is 0 Å². The second kappa shape index (κ2) is 7.68. The van der Waals surface area contributed by atoms with Gasteiger partial charge in [0, 0.05) is 26.0 Å². The summed E-state index contributed by atoms with van der Waals surface area (Å²) in [6.45, 7) is 3.57. The fraction of sp³-hybridized carbons (Fsp3) is 0.545. The van der Waals surface area contributed by atoms with E-state index in [1.807, 2.05) is 6.92 Å². The zero-order chi connectivity index (χ0) is 13.4. The number of halogens is 1. The van der Waals surface area contributed by atoms with Gasteiger partial charge >= 0.3 is 0 Å². The summed E-state index contributed by atoms with van der Waals surface area (Å²) in [6.07, 6.45) is 3.02. The van der Waals surface area contributed by atoms with Crippen LogP contribution in [0.5, 0.6) is 0 Å². The Bertz CT molecular complexity index is 465. The first kappa shape index (κ1) is 15.4. The van der Waals surface area contributed by atoms with Gasteiger partial charge in [-0.05, 0) is 25.0 Å². The SMILES string of the molecule is CCCOCCCNS(=O)(=O)c1cccnc1Cl. The highest BCUT2D eigenvalue weighted by atomic mass is 35.5. The smallest absolute Gasteiger partial charge is 0.243 e. The quantitative estimate of drug-likeness (QED) is 0.586. The lowest BCUT2D eigenvalue weighted by atomic mass is 10.4. The number of nitrogens with one attached hydrogen (secondary N) is 1. The van der Waals surface area contributed by atoms with Crippen LogP contribution in [-0.4, -0.2) is 33.2 Å². The molecule has 0 radical (unpaired) electrons. The van der Waals surface area contributed by atoms with Crippen molar-refractivity contribution in [3.05, 3.63) is 23.5 Å². The standard InChI is InChI=1S/C11H17ClN2O3S/c1-2-8-17-9-4-7-14-18(15,16)10-5-3-6-13-11(10)12/h3,5-6,14H,2,4,7-9H2,1H3. The van der Waals surface area contributed by atoms with E-state index in [1.165, 1.54) is 18.3 Å². The summed E-state index contributed by atoms with van der Waals surface area (Å²) < 4.78 is 31.4. The van der Waals surface area contributed by atoms with Crippen molar-refractivity contribution in [2.75, 3.05) is 19.8 Å². The zero-order valence-corrected chi connectivity index (χ0v) is 11.8. The third-order valence-electron chi connectivity index (χ3n) is 2.12. The molecule has 0 aliphatic heterocycles. The van der Waals surface area contributed by atoms with Crippen molar-refractivity contribution < 1.29 is 13.2 Å². The molecule has 0 aliphatic rings. The van der Waals surface area contributed by atoms with E-state index >= 15 is 0 Å². The molecule has 0 fully saturated rings. The fourth-order valence-electron chi connectivity index (χ4n) is 1.28. The molecular weight excluding hydrogens is 276 g/mol. The first-order valence-corrected chi connectivity index (χ1v) is 7.62. The van der Waals surface area contributed by atoms with Crippen LogP contribution in [0.15, 0.2) is 23.2 Å². The average molecular weight is 293 g/mol. The number of hydrogen-bond acceptors (Lipinski definition) is 4. The molecule has 102 valence electrons. The van der Waals surface area contributed by atoms with Crippen LogP contribution in [0.4, 0.5) is 0 Å². The Hall–Kier alpha value is -0.690. The van der Waals surface area contributed by atoms with Crippen LogP contribution in [0.25, 0.3) is 0 Å². The van der Waals surface area contributed by atoms with Gasteiger partial charge in [0.25, 0.3) is 0 Å². The van der Waals surface area contributed by atoms with E-state index in [0.29, 0.717) is 26.2 Å². The van der Waals surface area contributed by atoms with Gasteiger partial charge in [-0.1, -0.05) is 18.5 Å². The summed E-state index contributed by atoms with van der Waals surface area (Å²) in [4.78, 5) is 3.74. The fourth-order valence-corrected chi connectivity index (χ4v) is 2.80. The maximum Gasteiger partial charge on any atom is 0.243 e. The number of aromatic nitrogens is 1. The first-order chi connectivity index (χ1) is 8.58. The molecule has 0 saturated heterocycles. The van der Waals surface area contributed by atoms with Crippen LogP contribution in [0, 0.1) is 0 Å². The van der Waals surface area contributed by atoms with E-state index in [0.717, 1.165) is 6.42 Å². The van der Waals surface area contributed by atoms with Crippen molar-refractivity contribution in [2.45, 2.75) is 24.7 Å². The molecule has 1 aromatic heterocycles. The molecule has 0 aromatic carbocycles. The molecule has 1 N–H and O–H groups in total. The van der Waals surface area contributed by atoms with Gasteiger partial charge in [-0.3, -0.25) is 0 Å². The first-order valence-electron chi connectivity index (χ1n) is 5.76. The molecule has 0 spiro atoms. The number of rotatable bonds is 8. The van der Waals surface area contributed by atoms with Gasteiger partial charge in [0.2, 0.25) is 10.0 Å². The Kier molecular flexibility index (Phi) is 6.56. The predicted octanol–water partition coefficient (Wildman–Crippen LogP) is 1.83. The van der Waals surface area contributed by atoms with Gasteiger partial charge in [0.15, 0.2) is 0 Å². The molecule has 18 heavy (non-hydrogen) atoms. The molecule has 0 atom stereocenters. The second-order valence-corrected chi connectivity index (χ2v) is 5.75. The lowest BCUT2D eigenvalue weighted by Crippen LogP contribution is -2.26. The molecule has 0 amide bonds. The number of hydrogen-bond donors (Lipinski definition) is 1. The molecule has 0 unspecified atom stereocenters. The Balaban J connectivity index is 2.44. The molecule has 1 rings (SSSR count). The van der Waals surface area contributed by atoms with E-state index in [4.69, 9.17) is 16.3 Å². The Morgan fingerprint density at radius 2 is 2.22 bits per heavy atom. The van der Waals surface area contributed by atoms with Gasteiger partial charge < -0.3 is 4.74 Å². The van der Waals surface area contributed by atoms with Crippen LogP contribution in [0.2, 0.25) is 5.15 Å². The molecule has 1 heterocycles. The van der Waals surface area contributed by atoms with Crippen molar-refractivity contribution >= 4 is 21.6 Å². The van der Waals surface area contributed by atoms with Crippen LogP contribution in [0.1, 0.15) is 19.8 Å². The van der Waals surface area contributed by atoms with Crippen molar-refractivity contribution in [2.24, 2.45) is 0 Å². The minimum Gasteiger partial charge on any atom is -0.381 e. The Morgan fingerprint density at radius 3 is 2.89 bits per heavy atom. The maximum atomic E-state index is 11.9. The monoisotopic (exact) mass is 292 g/mol. The summed E-state index contributed by atoms with van der Waals surface area (Å²) >= 11 is 5.74. The van der Waals surface area contributed by atoms with E-state index in [-0.39, 0.29) is 10.0 Å². The molecule has 0 aliphatic carbocycles. The lowest BCUT2D eigenvalue weighted by molar-refractivity contribution is 0.133. The topological polar surface area (TPSA) is 68.3 Å². The maximum absolute atomic E-state index is 11.9. The highest BCUT2D eigenvalue weighted by Crippen LogP contribution is 2.17.